The first-order valence-electron chi connectivity index (χ1n) is 6.47. The number of carboxylic acids is 1. The number of carboxylic acid groups (broad SMARTS) is 1. The molecule has 1 atom stereocenters. The maximum absolute atomic E-state index is 11.8. The van der Waals surface area contributed by atoms with E-state index < -0.39 is 18.0 Å². The van der Waals surface area contributed by atoms with Crippen LogP contribution in [0.2, 0.25) is 0 Å². The number of carbonyl (C=O) groups excluding carboxylic acids is 1. The summed E-state index contributed by atoms with van der Waals surface area (Å²) in [5.74, 6) is -1.80. The molecule has 0 aliphatic rings. The molecule has 114 valence electrons. The van der Waals surface area contributed by atoms with Gasteiger partial charge in [0.1, 0.15) is 11.4 Å². The third-order valence-corrected chi connectivity index (χ3v) is 2.45. The van der Waals surface area contributed by atoms with Crippen LogP contribution in [0.5, 0.6) is 5.75 Å². The van der Waals surface area contributed by atoms with Crippen LogP contribution in [0.15, 0.2) is 29.3 Å². The first-order chi connectivity index (χ1) is 10.0. The van der Waals surface area contributed by atoms with Gasteiger partial charge in [-0.05, 0) is 26.0 Å². The maximum Gasteiger partial charge on any atom is 0.354 e. The number of nitrogens with zero attached hydrogens (tertiary/aromatic N) is 1. The van der Waals surface area contributed by atoms with E-state index in [0.717, 1.165) is 0 Å². The number of hydrogen-bond donors (Lipinski definition) is 2. The molecule has 7 heteroatoms. The highest BCUT2D eigenvalue weighted by Crippen LogP contribution is 2.27. The van der Waals surface area contributed by atoms with Crippen LogP contribution in [0.4, 0.5) is 5.69 Å². The summed E-state index contributed by atoms with van der Waals surface area (Å²) >= 11 is 0. The first kappa shape index (κ1) is 16.6. The van der Waals surface area contributed by atoms with E-state index in [1.807, 2.05) is 0 Å². The Bertz CT molecular complexity index is 542. The van der Waals surface area contributed by atoms with Crippen molar-refractivity contribution in [2.45, 2.75) is 19.9 Å². The van der Waals surface area contributed by atoms with Gasteiger partial charge in [-0.2, -0.15) is 0 Å². The van der Waals surface area contributed by atoms with E-state index in [2.05, 4.69) is 4.99 Å². The predicted octanol–water partition coefficient (Wildman–Crippen LogP) is 1.13. The lowest BCUT2D eigenvalue weighted by molar-refractivity contribution is -0.140. The Kier molecular flexibility index (Phi) is 6.35. The molecule has 0 aliphatic heterocycles. The molecule has 0 fully saturated rings. The van der Waals surface area contributed by atoms with Crippen LogP contribution in [-0.2, 0) is 14.3 Å². The van der Waals surface area contributed by atoms with E-state index in [1.54, 1.807) is 38.1 Å². The van der Waals surface area contributed by atoms with Crippen LogP contribution in [0.25, 0.3) is 0 Å². The minimum Gasteiger partial charge on any atom is -0.492 e. The molecule has 0 saturated heterocycles. The van der Waals surface area contributed by atoms with E-state index in [-0.39, 0.29) is 12.3 Å². The molecule has 0 bridgehead atoms. The minimum absolute atomic E-state index is 0.0945. The molecule has 0 aliphatic carbocycles. The van der Waals surface area contributed by atoms with Gasteiger partial charge >= 0.3 is 11.9 Å². The Morgan fingerprint density at radius 3 is 2.52 bits per heavy atom. The molecule has 0 saturated carbocycles. The summed E-state index contributed by atoms with van der Waals surface area (Å²) in [5, 5.41) is 8.98. The molecule has 1 unspecified atom stereocenters. The average Bonchev–Trinajstić information content (AvgIpc) is 2.46. The van der Waals surface area contributed by atoms with E-state index in [9.17, 15) is 9.59 Å². The fourth-order valence-corrected chi connectivity index (χ4v) is 1.52. The van der Waals surface area contributed by atoms with Crippen molar-refractivity contribution in [1.82, 2.24) is 0 Å². The molecular weight excluding hydrogens is 276 g/mol. The third kappa shape index (κ3) is 4.57. The maximum atomic E-state index is 11.8. The van der Waals surface area contributed by atoms with Crippen molar-refractivity contribution >= 4 is 23.3 Å². The van der Waals surface area contributed by atoms with Crippen LogP contribution in [0.3, 0.4) is 0 Å². The molecule has 1 aromatic rings. The van der Waals surface area contributed by atoms with E-state index in [0.29, 0.717) is 18.0 Å². The Balaban J connectivity index is 3.24. The van der Waals surface area contributed by atoms with Gasteiger partial charge in [0.05, 0.1) is 13.2 Å². The molecular formula is C14H18N2O5. The van der Waals surface area contributed by atoms with Gasteiger partial charge in [-0.25, -0.2) is 9.79 Å². The predicted molar refractivity (Wildman–Crippen MR) is 77.0 cm³/mol. The lowest BCUT2D eigenvalue weighted by Gasteiger charge is -2.11. The average molecular weight is 294 g/mol. The number of aliphatic imine (C=N–C) groups is 1. The molecule has 0 aromatic heterocycles. The number of para-hydroxylation sites is 2. The second-order valence-electron chi connectivity index (χ2n) is 3.93. The van der Waals surface area contributed by atoms with Crippen LogP contribution < -0.4 is 10.5 Å². The summed E-state index contributed by atoms with van der Waals surface area (Å²) in [5.41, 5.74) is 5.43. The summed E-state index contributed by atoms with van der Waals surface area (Å²) in [6, 6.07) is 5.12. The van der Waals surface area contributed by atoms with Gasteiger partial charge in [-0.1, -0.05) is 12.1 Å². The van der Waals surface area contributed by atoms with Crippen molar-refractivity contribution in [3.05, 3.63) is 24.3 Å². The number of ether oxygens (including phenoxy) is 2. The fraction of sp³-hybridized carbons (Fsp3) is 0.357. The second kappa shape index (κ2) is 8.01. The fourth-order valence-electron chi connectivity index (χ4n) is 1.52. The van der Waals surface area contributed by atoms with Crippen LogP contribution in [0, 0.1) is 0 Å². The van der Waals surface area contributed by atoms with Gasteiger partial charge in [0, 0.05) is 0 Å². The molecule has 1 rings (SSSR count). The number of benzene rings is 1. The Morgan fingerprint density at radius 2 is 1.95 bits per heavy atom. The second-order valence-corrected chi connectivity index (χ2v) is 3.93. The van der Waals surface area contributed by atoms with Gasteiger partial charge < -0.3 is 20.3 Å². The van der Waals surface area contributed by atoms with Crippen molar-refractivity contribution < 1.29 is 24.2 Å². The van der Waals surface area contributed by atoms with Gasteiger partial charge in [-0.15, -0.1) is 0 Å². The van der Waals surface area contributed by atoms with Crippen molar-refractivity contribution in [3.8, 4) is 5.75 Å². The Labute approximate surface area is 122 Å². The number of esters is 1. The van der Waals surface area contributed by atoms with Gasteiger partial charge in [0.25, 0.3) is 0 Å². The molecule has 0 radical (unpaired) electrons. The topological polar surface area (TPSA) is 111 Å². The summed E-state index contributed by atoms with van der Waals surface area (Å²) < 4.78 is 10.2. The van der Waals surface area contributed by atoms with Gasteiger partial charge in [0.2, 0.25) is 0 Å². The quantitative estimate of drug-likeness (QED) is 0.576. The summed E-state index contributed by atoms with van der Waals surface area (Å²) in [6.07, 6.45) is 0. The number of hydrogen-bond acceptors (Lipinski definition) is 6. The normalized spacial score (nSPS) is 12.6. The minimum atomic E-state index is -1.57. The highest BCUT2D eigenvalue weighted by molar-refractivity contribution is 6.42. The molecule has 3 N–H and O–H groups in total. The summed E-state index contributed by atoms with van der Waals surface area (Å²) in [6.45, 7) is 3.91. The highest BCUT2D eigenvalue weighted by atomic mass is 16.5. The number of nitrogens with two attached hydrogens (primary N) is 1. The van der Waals surface area contributed by atoms with Crippen LogP contribution in [0.1, 0.15) is 13.8 Å². The zero-order valence-electron chi connectivity index (χ0n) is 11.9. The molecule has 0 spiro atoms. The molecule has 0 amide bonds. The van der Waals surface area contributed by atoms with Crippen molar-refractivity contribution in [1.29, 1.82) is 0 Å². The third-order valence-electron chi connectivity index (χ3n) is 2.45. The van der Waals surface area contributed by atoms with Gasteiger partial charge in [0.15, 0.2) is 11.8 Å². The first-order valence-corrected chi connectivity index (χ1v) is 6.47. The SMILES string of the molecule is CCOC(=O)C(=Nc1ccccc1OCC)C(N)C(=O)O. The number of rotatable bonds is 7. The summed E-state index contributed by atoms with van der Waals surface area (Å²) in [7, 11) is 0. The van der Waals surface area contributed by atoms with E-state index >= 15 is 0 Å². The summed E-state index contributed by atoms with van der Waals surface area (Å²) in [4.78, 5) is 26.9. The van der Waals surface area contributed by atoms with E-state index in [1.165, 1.54) is 0 Å². The Hall–Kier alpha value is -2.41. The number of carbonyl (C=O) groups is 2. The zero-order valence-corrected chi connectivity index (χ0v) is 11.9. The molecule has 21 heavy (non-hydrogen) atoms. The lowest BCUT2D eigenvalue weighted by atomic mass is 10.2. The van der Waals surface area contributed by atoms with Crippen molar-refractivity contribution in [3.63, 3.8) is 0 Å². The zero-order chi connectivity index (χ0) is 15.8. The monoisotopic (exact) mass is 294 g/mol. The van der Waals surface area contributed by atoms with Crippen LogP contribution in [-0.4, -0.2) is 42.0 Å². The molecule has 7 nitrogen and oxygen atoms in total. The molecule has 0 heterocycles. The molecule has 1 aromatic carbocycles. The van der Waals surface area contributed by atoms with Crippen molar-refractivity contribution in [2.75, 3.05) is 13.2 Å². The lowest BCUT2D eigenvalue weighted by Crippen LogP contribution is -2.43. The van der Waals surface area contributed by atoms with Crippen molar-refractivity contribution in [2.24, 2.45) is 10.7 Å². The largest absolute Gasteiger partial charge is 0.492 e. The standard InChI is InChI=1S/C14H18N2O5/c1-3-20-10-8-6-5-7-9(10)16-12(11(15)13(17)18)14(19)21-4-2/h5-8,11H,3-4,15H2,1-2H3,(H,17,18). The van der Waals surface area contributed by atoms with Gasteiger partial charge in [-0.3, -0.25) is 4.79 Å². The Morgan fingerprint density at radius 1 is 1.29 bits per heavy atom. The van der Waals surface area contributed by atoms with Crippen LogP contribution >= 0.6 is 0 Å². The van der Waals surface area contributed by atoms with E-state index in [4.69, 9.17) is 20.3 Å². The highest BCUT2D eigenvalue weighted by Gasteiger charge is 2.27. The number of aliphatic carboxylic acids is 1. The smallest absolute Gasteiger partial charge is 0.354 e.